The van der Waals surface area contributed by atoms with Crippen LogP contribution in [0.2, 0.25) is 0 Å². The lowest BCUT2D eigenvalue weighted by atomic mass is 9.90. The minimum absolute atomic E-state index is 0.215. The smallest absolute Gasteiger partial charge is 0.144 e. The first kappa shape index (κ1) is 33.0. The van der Waals surface area contributed by atoms with E-state index in [1.165, 1.54) is 27.9 Å². The summed E-state index contributed by atoms with van der Waals surface area (Å²) < 4.78 is 2.26. The number of aromatic hydroxyl groups is 1. The van der Waals surface area contributed by atoms with Gasteiger partial charge >= 0.3 is 0 Å². The van der Waals surface area contributed by atoms with Gasteiger partial charge < -0.3 is 5.11 Å². The minimum Gasteiger partial charge on any atom is -0.507 e. The van der Waals surface area contributed by atoms with E-state index < -0.39 is 0 Å². The van der Waals surface area contributed by atoms with Crippen LogP contribution in [0.15, 0.2) is 109 Å². The molecule has 0 aliphatic heterocycles. The second kappa shape index (κ2) is 13.6. The van der Waals surface area contributed by atoms with Crippen LogP contribution < -0.4 is 0 Å². The number of para-hydroxylation sites is 2. The van der Waals surface area contributed by atoms with E-state index in [4.69, 9.17) is 9.97 Å². The molecule has 0 aliphatic carbocycles. The van der Waals surface area contributed by atoms with Crippen molar-refractivity contribution in [3.05, 3.63) is 132 Å². The van der Waals surface area contributed by atoms with Crippen molar-refractivity contribution in [3.8, 4) is 56.5 Å². The number of hydrogen-bond donors (Lipinski definition) is 1. The highest BCUT2D eigenvalue weighted by atomic mass is 16.3. The molecular formula is C44H47N3O. The summed E-state index contributed by atoms with van der Waals surface area (Å²) in [5.74, 6) is 2.65. The molecule has 6 rings (SSSR count). The molecule has 4 heteroatoms. The van der Waals surface area contributed by atoms with Gasteiger partial charge in [0.25, 0.3) is 0 Å². The van der Waals surface area contributed by atoms with Crippen molar-refractivity contribution in [1.82, 2.24) is 14.5 Å². The zero-order valence-electron chi connectivity index (χ0n) is 29.5. The van der Waals surface area contributed by atoms with E-state index in [1.807, 2.05) is 24.4 Å². The molecule has 48 heavy (non-hydrogen) atoms. The Labute approximate surface area is 286 Å². The molecule has 1 N–H and O–H groups in total. The Morgan fingerprint density at radius 1 is 0.542 bits per heavy atom. The van der Waals surface area contributed by atoms with Crippen molar-refractivity contribution < 1.29 is 5.11 Å². The Morgan fingerprint density at radius 3 is 1.75 bits per heavy atom. The van der Waals surface area contributed by atoms with E-state index in [9.17, 15) is 5.11 Å². The molecule has 0 fully saturated rings. The molecule has 0 atom stereocenters. The third-order valence-corrected chi connectivity index (χ3v) is 9.29. The summed E-state index contributed by atoms with van der Waals surface area (Å²) in [4.78, 5) is 10.1. The molecule has 0 saturated heterocycles. The van der Waals surface area contributed by atoms with Gasteiger partial charge in [0.05, 0.1) is 17.1 Å². The quantitative estimate of drug-likeness (QED) is 0.172. The van der Waals surface area contributed by atoms with Crippen molar-refractivity contribution in [2.75, 3.05) is 0 Å². The third-order valence-electron chi connectivity index (χ3n) is 9.29. The molecule has 2 heterocycles. The van der Waals surface area contributed by atoms with E-state index in [0.29, 0.717) is 29.2 Å². The second-order valence-electron chi connectivity index (χ2n) is 14.1. The summed E-state index contributed by atoms with van der Waals surface area (Å²) in [6.45, 7) is 18.0. The molecule has 0 unspecified atom stereocenters. The summed E-state index contributed by atoms with van der Waals surface area (Å²) in [6.07, 6.45) is 3.98. The average Bonchev–Trinajstić information content (AvgIpc) is 3.57. The lowest BCUT2D eigenvalue weighted by molar-refractivity contribution is 0.477. The van der Waals surface area contributed by atoms with E-state index in [0.717, 1.165) is 39.5 Å². The average molecular weight is 634 g/mol. The molecule has 4 aromatic carbocycles. The largest absolute Gasteiger partial charge is 0.507 e. The number of imidazole rings is 1. The van der Waals surface area contributed by atoms with E-state index in [2.05, 4.69) is 139 Å². The molecule has 0 aliphatic rings. The van der Waals surface area contributed by atoms with E-state index >= 15 is 0 Å². The Hall–Kier alpha value is -4.96. The van der Waals surface area contributed by atoms with Crippen LogP contribution in [0, 0.1) is 0 Å². The Bertz CT molecular complexity index is 2010. The molecule has 6 aromatic rings. The first-order valence-electron chi connectivity index (χ1n) is 17.2. The second-order valence-corrected chi connectivity index (χ2v) is 14.1. The highest BCUT2D eigenvalue weighted by Crippen LogP contribution is 2.38. The number of aromatic nitrogens is 3. The first-order valence-corrected chi connectivity index (χ1v) is 17.2. The fraction of sp³-hybridized carbons (Fsp3) is 0.273. The van der Waals surface area contributed by atoms with E-state index in [-0.39, 0.29) is 5.75 Å². The van der Waals surface area contributed by atoms with Gasteiger partial charge in [-0.2, -0.15) is 0 Å². The van der Waals surface area contributed by atoms with Crippen molar-refractivity contribution in [3.63, 3.8) is 0 Å². The molecule has 0 saturated carbocycles. The zero-order valence-corrected chi connectivity index (χ0v) is 29.5. The van der Waals surface area contributed by atoms with Gasteiger partial charge in [-0.05, 0) is 87.4 Å². The Balaban J connectivity index is 1.54. The minimum atomic E-state index is 0.215. The fourth-order valence-corrected chi connectivity index (χ4v) is 6.49. The monoisotopic (exact) mass is 633 g/mol. The van der Waals surface area contributed by atoms with Gasteiger partial charge in [-0.25, -0.2) is 9.97 Å². The maximum Gasteiger partial charge on any atom is 0.144 e. The van der Waals surface area contributed by atoms with Crippen molar-refractivity contribution in [2.24, 2.45) is 0 Å². The zero-order chi connectivity index (χ0) is 34.1. The van der Waals surface area contributed by atoms with Gasteiger partial charge in [0.15, 0.2) is 0 Å². The SMILES string of the molecule is CC(C)c1cc(-c2cc(-c3cccc(-c4nccn4-c4c(C(C)C)cccc4C(C)C)c3)nc(-c3ccccc3O)c2)cc(C(C)C)c1. The standard InChI is InChI=1S/C44H47N3O/c1-27(2)33-22-34(28(3)4)24-35(23-33)36-25-40(46-41(26-36)39-15-9-10-18-42(39)48)31-13-11-14-32(21-31)44-45-19-20-47(44)43-37(29(5)6)16-12-17-38(43)30(7)8/h9-30,48H,1-8H3. The molecule has 2 aromatic heterocycles. The van der Waals surface area contributed by atoms with Crippen LogP contribution in [0.5, 0.6) is 5.75 Å². The highest BCUT2D eigenvalue weighted by Gasteiger charge is 2.20. The maximum atomic E-state index is 10.9. The molecule has 0 bridgehead atoms. The number of phenols is 1. The predicted molar refractivity (Wildman–Crippen MR) is 201 cm³/mol. The van der Waals surface area contributed by atoms with Crippen LogP contribution in [0.1, 0.15) is 101 Å². The maximum absolute atomic E-state index is 10.9. The van der Waals surface area contributed by atoms with Gasteiger partial charge in [0, 0.05) is 29.1 Å². The van der Waals surface area contributed by atoms with Crippen LogP contribution >= 0.6 is 0 Å². The van der Waals surface area contributed by atoms with Gasteiger partial charge in [-0.15, -0.1) is 0 Å². The Kier molecular flexibility index (Phi) is 9.37. The molecule has 4 nitrogen and oxygen atoms in total. The van der Waals surface area contributed by atoms with Crippen LogP contribution in [0.4, 0.5) is 0 Å². The fourth-order valence-electron chi connectivity index (χ4n) is 6.49. The highest BCUT2D eigenvalue weighted by molar-refractivity contribution is 5.80. The van der Waals surface area contributed by atoms with Crippen LogP contribution in [0.25, 0.3) is 50.7 Å². The number of benzene rings is 4. The normalized spacial score (nSPS) is 11.8. The lowest BCUT2D eigenvalue weighted by Crippen LogP contribution is -2.07. The van der Waals surface area contributed by atoms with Gasteiger partial charge in [-0.3, -0.25) is 4.57 Å². The molecule has 0 spiro atoms. The van der Waals surface area contributed by atoms with Crippen molar-refractivity contribution in [2.45, 2.75) is 79.1 Å². The summed E-state index contributed by atoms with van der Waals surface area (Å²) in [5, 5.41) is 10.9. The number of pyridine rings is 1. The van der Waals surface area contributed by atoms with Crippen LogP contribution in [-0.2, 0) is 0 Å². The molecule has 0 amide bonds. The summed E-state index contributed by atoms with van der Waals surface area (Å²) in [7, 11) is 0. The summed E-state index contributed by atoms with van der Waals surface area (Å²) >= 11 is 0. The molecular weight excluding hydrogens is 587 g/mol. The first-order chi connectivity index (χ1) is 23.0. The van der Waals surface area contributed by atoms with Crippen molar-refractivity contribution in [1.29, 1.82) is 0 Å². The molecule has 0 radical (unpaired) electrons. The van der Waals surface area contributed by atoms with Crippen LogP contribution in [-0.4, -0.2) is 19.6 Å². The summed E-state index contributed by atoms with van der Waals surface area (Å²) in [5.41, 5.74) is 13.0. The predicted octanol–water partition coefficient (Wildman–Crippen LogP) is 12.1. The number of nitrogens with zero attached hydrogens (tertiary/aromatic N) is 3. The Morgan fingerprint density at radius 2 is 1.12 bits per heavy atom. The van der Waals surface area contributed by atoms with Crippen LogP contribution in [0.3, 0.4) is 0 Å². The van der Waals surface area contributed by atoms with Gasteiger partial charge in [0.1, 0.15) is 11.6 Å². The topological polar surface area (TPSA) is 50.9 Å². The molecule has 244 valence electrons. The van der Waals surface area contributed by atoms with E-state index in [1.54, 1.807) is 6.07 Å². The summed E-state index contributed by atoms with van der Waals surface area (Å²) in [6, 6.07) is 33.8. The third kappa shape index (κ3) is 6.57. The van der Waals surface area contributed by atoms with Gasteiger partial charge in [0.2, 0.25) is 0 Å². The number of rotatable bonds is 9. The van der Waals surface area contributed by atoms with Crippen molar-refractivity contribution >= 4 is 0 Å². The number of phenolic OH excluding ortho intramolecular Hbond substituents is 1. The van der Waals surface area contributed by atoms with Gasteiger partial charge in [-0.1, -0.05) is 122 Å². The number of hydrogen-bond acceptors (Lipinski definition) is 3. The lowest BCUT2D eigenvalue weighted by Gasteiger charge is -2.22.